The van der Waals surface area contributed by atoms with E-state index in [1.807, 2.05) is 43.3 Å². The minimum atomic E-state index is -0.390. The van der Waals surface area contributed by atoms with Crippen molar-refractivity contribution in [1.29, 1.82) is 0 Å². The lowest BCUT2D eigenvalue weighted by Crippen LogP contribution is -2.34. The quantitative estimate of drug-likeness (QED) is 0.813. The highest BCUT2D eigenvalue weighted by Gasteiger charge is 2.20. The number of nitrogens with one attached hydrogen (secondary N) is 1. The van der Waals surface area contributed by atoms with Crippen LogP contribution in [0.3, 0.4) is 0 Å². The maximum absolute atomic E-state index is 13.2. The summed E-state index contributed by atoms with van der Waals surface area (Å²) in [4.78, 5) is 14.4. The largest absolute Gasteiger partial charge is 0.496 e. The number of para-hydroxylation sites is 1. The molecule has 0 aliphatic rings. The third-order valence-electron chi connectivity index (χ3n) is 3.75. The standard InChI is InChI=1S/C18H20BrFN2O2/c1-22(2)16(14-6-4-5-7-17(14)24-3)11-21-18(23)13-9-8-12(20)10-15(13)19/h4-10,16H,11H2,1-3H3,(H,21,23). The first-order valence-corrected chi connectivity index (χ1v) is 8.26. The van der Waals surface area contributed by atoms with Crippen molar-refractivity contribution >= 4 is 21.8 Å². The van der Waals surface area contributed by atoms with Gasteiger partial charge in [0.2, 0.25) is 0 Å². The Kier molecular flexibility index (Phi) is 6.34. The molecule has 0 spiro atoms. The van der Waals surface area contributed by atoms with Crippen LogP contribution in [0, 0.1) is 5.82 Å². The van der Waals surface area contributed by atoms with Crippen LogP contribution in [0.25, 0.3) is 0 Å². The number of carbonyl (C=O) groups excluding carboxylic acids is 1. The second-order valence-corrected chi connectivity index (χ2v) is 6.41. The van der Waals surface area contributed by atoms with Crippen molar-refractivity contribution in [2.24, 2.45) is 0 Å². The number of benzene rings is 2. The fourth-order valence-corrected chi connectivity index (χ4v) is 3.00. The second-order valence-electron chi connectivity index (χ2n) is 5.56. The Labute approximate surface area is 149 Å². The molecular formula is C18H20BrFN2O2. The molecule has 0 heterocycles. The molecule has 1 amide bonds. The third kappa shape index (κ3) is 4.33. The van der Waals surface area contributed by atoms with Crippen molar-refractivity contribution in [3.63, 3.8) is 0 Å². The molecule has 0 aliphatic carbocycles. The Bertz CT molecular complexity index is 722. The van der Waals surface area contributed by atoms with Crippen LogP contribution >= 0.6 is 15.9 Å². The van der Waals surface area contributed by atoms with Gasteiger partial charge in [0, 0.05) is 16.6 Å². The lowest BCUT2D eigenvalue weighted by Gasteiger charge is -2.26. The summed E-state index contributed by atoms with van der Waals surface area (Å²) in [5.41, 5.74) is 1.39. The number of ether oxygens (including phenoxy) is 1. The van der Waals surface area contributed by atoms with E-state index in [1.54, 1.807) is 7.11 Å². The van der Waals surface area contributed by atoms with E-state index in [-0.39, 0.29) is 11.9 Å². The van der Waals surface area contributed by atoms with Crippen molar-refractivity contribution in [3.05, 3.63) is 63.9 Å². The van der Waals surface area contributed by atoms with Crippen molar-refractivity contribution in [2.45, 2.75) is 6.04 Å². The van der Waals surface area contributed by atoms with E-state index in [9.17, 15) is 9.18 Å². The van der Waals surface area contributed by atoms with Gasteiger partial charge in [-0.15, -0.1) is 0 Å². The zero-order valence-corrected chi connectivity index (χ0v) is 15.4. The van der Waals surface area contributed by atoms with Crippen LogP contribution in [0.2, 0.25) is 0 Å². The van der Waals surface area contributed by atoms with Crippen molar-refractivity contribution in [2.75, 3.05) is 27.7 Å². The predicted molar refractivity (Wildman–Crippen MR) is 95.9 cm³/mol. The lowest BCUT2D eigenvalue weighted by atomic mass is 10.0. The summed E-state index contributed by atoms with van der Waals surface area (Å²) < 4.78 is 19.0. The molecule has 2 rings (SSSR count). The summed E-state index contributed by atoms with van der Waals surface area (Å²) in [5.74, 6) is 0.121. The monoisotopic (exact) mass is 394 g/mol. The van der Waals surface area contributed by atoms with Gasteiger partial charge in [0.05, 0.1) is 18.7 Å². The third-order valence-corrected chi connectivity index (χ3v) is 4.41. The summed E-state index contributed by atoms with van der Waals surface area (Å²) in [6.45, 7) is 0.399. The molecule has 0 aromatic heterocycles. The summed E-state index contributed by atoms with van der Waals surface area (Å²) in [5, 5.41) is 2.90. The fraction of sp³-hybridized carbons (Fsp3) is 0.278. The molecule has 0 aliphatic heterocycles. The molecule has 24 heavy (non-hydrogen) atoms. The second kappa shape index (κ2) is 8.26. The molecule has 2 aromatic carbocycles. The lowest BCUT2D eigenvalue weighted by molar-refractivity contribution is 0.0940. The molecule has 1 unspecified atom stereocenters. The van der Waals surface area contributed by atoms with Crippen molar-refractivity contribution < 1.29 is 13.9 Å². The highest BCUT2D eigenvalue weighted by atomic mass is 79.9. The molecule has 1 atom stereocenters. The predicted octanol–water partition coefficient (Wildman–Crippen LogP) is 3.63. The van der Waals surface area contributed by atoms with Gasteiger partial charge in [-0.3, -0.25) is 4.79 Å². The molecular weight excluding hydrogens is 375 g/mol. The van der Waals surface area contributed by atoms with Gasteiger partial charge in [0.1, 0.15) is 11.6 Å². The summed E-state index contributed by atoms with van der Waals surface area (Å²) >= 11 is 3.22. The maximum atomic E-state index is 13.2. The topological polar surface area (TPSA) is 41.6 Å². The minimum absolute atomic E-state index is 0.0516. The molecule has 128 valence electrons. The number of carbonyl (C=O) groups is 1. The summed E-state index contributed by atoms with van der Waals surface area (Å²) in [6, 6.07) is 11.7. The molecule has 0 radical (unpaired) electrons. The van der Waals surface area contributed by atoms with Crippen LogP contribution in [-0.2, 0) is 0 Å². The summed E-state index contributed by atoms with van der Waals surface area (Å²) in [7, 11) is 5.51. The molecule has 6 heteroatoms. The normalized spacial score (nSPS) is 12.1. The van der Waals surface area contributed by atoms with Gasteiger partial charge >= 0.3 is 0 Å². The number of methoxy groups -OCH3 is 1. The van der Waals surface area contributed by atoms with Crippen LogP contribution in [0.15, 0.2) is 46.9 Å². The zero-order chi connectivity index (χ0) is 17.7. The van der Waals surface area contributed by atoms with Crippen molar-refractivity contribution in [3.8, 4) is 5.75 Å². The van der Waals surface area contributed by atoms with Gasteiger partial charge in [0.25, 0.3) is 5.91 Å². The fourth-order valence-electron chi connectivity index (χ4n) is 2.47. The number of hydrogen-bond donors (Lipinski definition) is 1. The van der Waals surface area contributed by atoms with Crippen LogP contribution in [0.1, 0.15) is 22.0 Å². The Hall–Kier alpha value is -1.92. The van der Waals surface area contributed by atoms with Crippen LogP contribution in [0.5, 0.6) is 5.75 Å². The van der Waals surface area contributed by atoms with Crippen LogP contribution < -0.4 is 10.1 Å². The van der Waals surface area contributed by atoms with E-state index < -0.39 is 5.82 Å². The van der Waals surface area contributed by atoms with Gasteiger partial charge in [0.15, 0.2) is 0 Å². The Morgan fingerprint density at radius 2 is 2.00 bits per heavy atom. The smallest absolute Gasteiger partial charge is 0.252 e. The van der Waals surface area contributed by atoms with Crippen LogP contribution in [0.4, 0.5) is 4.39 Å². The molecule has 0 saturated carbocycles. The highest BCUT2D eigenvalue weighted by molar-refractivity contribution is 9.10. The zero-order valence-electron chi connectivity index (χ0n) is 13.8. The highest BCUT2D eigenvalue weighted by Crippen LogP contribution is 2.27. The molecule has 0 saturated heterocycles. The van der Waals surface area contributed by atoms with Gasteiger partial charge in [-0.25, -0.2) is 4.39 Å². The average Bonchev–Trinajstić information content (AvgIpc) is 2.55. The maximum Gasteiger partial charge on any atom is 0.252 e. The van der Waals surface area contributed by atoms with E-state index in [0.29, 0.717) is 16.6 Å². The minimum Gasteiger partial charge on any atom is -0.496 e. The number of halogens is 2. The van der Waals surface area contributed by atoms with Gasteiger partial charge in [-0.05, 0) is 54.3 Å². The Morgan fingerprint density at radius 3 is 2.62 bits per heavy atom. The number of hydrogen-bond acceptors (Lipinski definition) is 3. The van der Waals surface area contributed by atoms with Gasteiger partial charge in [-0.1, -0.05) is 18.2 Å². The van der Waals surface area contributed by atoms with Crippen LogP contribution in [-0.4, -0.2) is 38.6 Å². The first kappa shape index (κ1) is 18.4. The summed E-state index contributed by atoms with van der Waals surface area (Å²) in [6.07, 6.45) is 0. The molecule has 2 aromatic rings. The Morgan fingerprint density at radius 1 is 1.29 bits per heavy atom. The number of rotatable bonds is 6. The Balaban J connectivity index is 2.16. The number of amides is 1. The average molecular weight is 395 g/mol. The van der Waals surface area contributed by atoms with E-state index in [2.05, 4.69) is 21.2 Å². The van der Waals surface area contributed by atoms with Gasteiger partial charge < -0.3 is 15.0 Å². The number of likely N-dealkylation sites (N-methyl/N-ethyl adjacent to an activating group) is 1. The number of nitrogens with zero attached hydrogens (tertiary/aromatic N) is 1. The SMILES string of the molecule is COc1ccccc1C(CNC(=O)c1ccc(F)cc1Br)N(C)C. The van der Waals surface area contributed by atoms with E-state index in [4.69, 9.17) is 4.74 Å². The van der Waals surface area contributed by atoms with E-state index >= 15 is 0 Å². The molecule has 4 nitrogen and oxygen atoms in total. The first-order chi connectivity index (χ1) is 11.4. The van der Waals surface area contributed by atoms with E-state index in [1.165, 1.54) is 18.2 Å². The van der Waals surface area contributed by atoms with E-state index in [0.717, 1.165) is 11.3 Å². The van der Waals surface area contributed by atoms with Gasteiger partial charge in [-0.2, -0.15) is 0 Å². The van der Waals surface area contributed by atoms with Crippen molar-refractivity contribution in [1.82, 2.24) is 10.2 Å². The first-order valence-electron chi connectivity index (χ1n) is 7.46. The molecule has 0 fully saturated rings. The molecule has 0 bridgehead atoms. The molecule has 1 N–H and O–H groups in total.